The average molecular weight is 1410 g/mol. The minimum absolute atomic E-state index is 0.247. The van der Waals surface area contributed by atoms with Gasteiger partial charge in [-0.2, -0.15) is 13.2 Å². The van der Waals surface area contributed by atoms with Crippen LogP contribution in [0.1, 0.15) is 5.56 Å². The van der Waals surface area contributed by atoms with Gasteiger partial charge >= 0.3 is 6.18 Å². The van der Waals surface area contributed by atoms with Crippen molar-refractivity contribution in [2.45, 2.75) is 16.0 Å². The van der Waals surface area contributed by atoms with E-state index in [0.717, 1.165) is 156 Å². The molecule has 0 fully saturated rings. The minimum Gasteiger partial charge on any atom is -0.311 e. The number of para-hydroxylation sites is 4. The summed E-state index contributed by atoms with van der Waals surface area (Å²) in [5.41, 5.74) is 29.1. The normalized spacial score (nSPS) is 12.8. The van der Waals surface area contributed by atoms with Gasteiger partial charge in [0.05, 0.1) is 11.3 Å². The van der Waals surface area contributed by atoms with Crippen LogP contribution >= 0.6 is 11.8 Å². The third-order valence-corrected chi connectivity index (χ3v) is 22.8. The topological polar surface area (TPSA) is 16.2 Å². The Balaban J connectivity index is 0.832. The SMILES string of the molecule is FC(F)(F)c1ccc(N2c3cc4c(cc3B3c5ccccc5N(c5ccccc5)c5cc(N(c6ccc(-c7ccccc7)cc6)c6ccc(-c7ccccc7)cc6)cc2c53)B2c3ccccc3N(c3ccccc3)c3cc(N(c5ccc(-c6ccccc6)cc5)c5ccc(-c6ccccc6)cc5)cc(c32)S4)cc1. The van der Waals surface area contributed by atoms with Gasteiger partial charge in [-0.05, 0) is 211 Å². The van der Waals surface area contributed by atoms with E-state index in [-0.39, 0.29) is 13.4 Å². The monoisotopic (exact) mass is 1410 g/mol. The summed E-state index contributed by atoms with van der Waals surface area (Å²) in [5, 5.41) is 0. The van der Waals surface area contributed by atoms with E-state index in [1.54, 1.807) is 23.9 Å². The van der Waals surface area contributed by atoms with E-state index in [1.807, 2.05) is 12.1 Å². The zero-order valence-electron chi connectivity index (χ0n) is 58.4. The summed E-state index contributed by atoms with van der Waals surface area (Å²) in [6.45, 7) is -0.596. The minimum atomic E-state index is -4.57. The van der Waals surface area contributed by atoms with E-state index >= 15 is 13.2 Å². The molecular formula is C97H64B2F3N5S. The second kappa shape index (κ2) is 26.4. The summed E-state index contributed by atoms with van der Waals surface area (Å²) in [5.74, 6) is 0. The molecule has 0 amide bonds. The zero-order valence-corrected chi connectivity index (χ0v) is 59.2. The Hall–Kier alpha value is -13.2. The molecule has 4 aliphatic heterocycles. The fourth-order valence-corrected chi connectivity index (χ4v) is 18.0. The summed E-state index contributed by atoms with van der Waals surface area (Å²) in [6, 6.07) is 136. The van der Waals surface area contributed by atoms with Crippen LogP contribution in [0.15, 0.2) is 398 Å². The molecule has 0 radical (unpaired) electrons. The first-order valence-electron chi connectivity index (χ1n) is 36.5. The quantitative estimate of drug-likeness (QED) is 0.106. The molecule has 0 aliphatic carbocycles. The predicted octanol–water partition coefficient (Wildman–Crippen LogP) is 23.2. The molecule has 0 N–H and O–H groups in total. The van der Waals surface area contributed by atoms with Crippen LogP contribution in [0.5, 0.6) is 0 Å². The van der Waals surface area contributed by atoms with E-state index in [2.05, 4.69) is 376 Å². The Morgan fingerprint density at radius 1 is 0.231 bits per heavy atom. The van der Waals surface area contributed by atoms with Crippen molar-refractivity contribution in [3.8, 4) is 44.5 Å². The molecule has 0 unspecified atom stereocenters. The number of rotatable bonds is 13. The van der Waals surface area contributed by atoms with Crippen molar-refractivity contribution >= 4 is 143 Å². The highest BCUT2D eigenvalue weighted by atomic mass is 32.2. The van der Waals surface area contributed by atoms with E-state index in [1.165, 1.54) is 23.1 Å². The van der Waals surface area contributed by atoms with Crippen molar-refractivity contribution in [1.29, 1.82) is 0 Å². The van der Waals surface area contributed by atoms with Crippen LogP contribution in [-0.2, 0) is 6.18 Å². The first kappa shape index (κ1) is 64.4. The Morgan fingerprint density at radius 2 is 0.546 bits per heavy atom. The Kier molecular flexibility index (Phi) is 15.8. The van der Waals surface area contributed by atoms with Gasteiger partial charge in [0, 0.05) is 89.4 Å². The number of alkyl halides is 3. The molecule has 0 bridgehead atoms. The van der Waals surface area contributed by atoms with Crippen LogP contribution in [0, 0.1) is 0 Å². The van der Waals surface area contributed by atoms with Gasteiger partial charge in [-0.25, -0.2) is 0 Å². The van der Waals surface area contributed by atoms with Crippen LogP contribution in [0.3, 0.4) is 0 Å². The summed E-state index contributed by atoms with van der Waals surface area (Å²) in [4.78, 5) is 14.0. The molecular weight excluding hydrogens is 1350 g/mol. The van der Waals surface area contributed by atoms with Gasteiger partial charge in [0.2, 0.25) is 6.71 Å². The summed E-state index contributed by atoms with van der Waals surface area (Å²) >= 11 is 1.77. The molecule has 5 nitrogen and oxygen atoms in total. The molecule has 16 aromatic rings. The number of benzene rings is 16. The molecule has 108 heavy (non-hydrogen) atoms. The molecule has 20 rings (SSSR count). The highest BCUT2D eigenvalue weighted by Crippen LogP contribution is 2.52. The average Bonchev–Trinajstić information content (AvgIpc) is 0.689. The lowest BCUT2D eigenvalue weighted by Gasteiger charge is -2.46. The van der Waals surface area contributed by atoms with Crippen LogP contribution in [-0.4, -0.2) is 13.4 Å². The summed E-state index contributed by atoms with van der Waals surface area (Å²) in [6.07, 6.45) is -4.57. The standard InChI is InChI=1S/C97H64B2F3N5S/c100-97(101,102)73-47-57-80(58-48-73)107-89-64-93-86(99-84-36-20-22-38-88(84)106(75-33-17-6-18-34-75)92-61-82(62-94(108-93)96(92)99)104(78-53-43-71(44-54-78)67-27-11-3-12-28-67)79-55-45-72(46-56-79)68-29-13-4-14-30-68)63-85(89)98-83-35-19-21-37-87(83)105(74-31-15-5-16-32-74)90-59-81(60-91(107)95(90)98)103(76-49-39-69(40-50-76)65-23-7-1-8-24-65)77-51-41-70(42-52-77)66-25-9-2-10-26-66/h1-64H. The lowest BCUT2D eigenvalue weighted by Crippen LogP contribution is -2.64. The van der Waals surface area contributed by atoms with Gasteiger partial charge in [0.25, 0.3) is 6.71 Å². The first-order valence-corrected chi connectivity index (χ1v) is 37.3. The molecule has 0 spiro atoms. The second-order valence-electron chi connectivity index (χ2n) is 27.9. The van der Waals surface area contributed by atoms with E-state index < -0.39 is 11.7 Å². The predicted molar refractivity (Wildman–Crippen MR) is 446 cm³/mol. The van der Waals surface area contributed by atoms with Gasteiger partial charge in [-0.3, -0.25) is 0 Å². The van der Waals surface area contributed by atoms with Crippen molar-refractivity contribution in [3.05, 3.63) is 394 Å². The molecule has 0 atom stereocenters. The van der Waals surface area contributed by atoms with E-state index in [4.69, 9.17) is 0 Å². The summed E-state index contributed by atoms with van der Waals surface area (Å²) < 4.78 is 45.3. The van der Waals surface area contributed by atoms with Gasteiger partial charge in [0.1, 0.15) is 0 Å². The van der Waals surface area contributed by atoms with Crippen LogP contribution in [0.4, 0.5) is 98.5 Å². The Morgan fingerprint density at radius 3 is 0.935 bits per heavy atom. The van der Waals surface area contributed by atoms with Crippen molar-refractivity contribution in [1.82, 2.24) is 0 Å². The molecule has 0 saturated carbocycles. The van der Waals surface area contributed by atoms with Crippen LogP contribution in [0.25, 0.3) is 44.5 Å². The largest absolute Gasteiger partial charge is 0.416 e. The molecule has 11 heteroatoms. The van der Waals surface area contributed by atoms with Crippen LogP contribution < -0.4 is 57.3 Å². The fraction of sp³-hybridized carbons (Fsp3) is 0.0103. The molecule has 4 heterocycles. The molecule has 4 aliphatic rings. The lowest BCUT2D eigenvalue weighted by atomic mass is 9.31. The van der Waals surface area contributed by atoms with Crippen molar-refractivity contribution in [2.24, 2.45) is 0 Å². The number of fused-ring (bicyclic) bond motifs is 8. The maximum absolute atomic E-state index is 15.1. The second-order valence-corrected chi connectivity index (χ2v) is 28.9. The maximum atomic E-state index is 15.1. The van der Waals surface area contributed by atoms with Crippen molar-refractivity contribution < 1.29 is 13.2 Å². The van der Waals surface area contributed by atoms with E-state index in [0.29, 0.717) is 5.69 Å². The zero-order chi connectivity index (χ0) is 72.0. The smallest absolute Gasteiger partial charge is 0.311 e. The van der Waals surface area contributed by atoms with Crippen molar-refractivity contribution in [3.63, 3.8) is 0 Å². The maximum Gasteiger partial charge on any atom is 0.416 e. The van der Waals surface area contributed by atoms with Gasteiger partial charge in [-0.15, -0.1) is 0 Å². The third-order valence-electron chi connectivity index (χ3n) is 21.7. The number of hydrogen-bond acceptors (Lipinski definition) is 6. The molecule has 510 valence electrons. The molecule has 16 aromatic carbocycles. The fourth-order valence-electron chi connectivity index (χ4n) is 16.8. The highest BCUT2D eigenvalue weighted by Gasteiger charge is 2.48. The number of nitrogens with zero attached hydrogens (tertiary/aromatic N) is 5. The number of hydrogen-bond donors (Lipinski definition) is 0. The molecule has 0 saturated heterocycles. The first-order chi connectivity index (χ1) is 53.2. The van der Waals surface area contributed by atoms with Crippen molar-refractivity contribution in [2.75, 3.05) is 24.5 Å². The van der Waals surface area contributed by atoms with Gasteiger partial charge in [-0.1, -0.05) is 266 Å². The van der Waals surface area contributed by atoms with Gasteiger partial charge < -0.3 is 24.5 Å². The summed E-state index contributed by atoms with van der Waals surface area (Å²) in [7, 11) is 0. The van der Waals surface area contributed by atoms with E-state index in [9.17, 15) is 0 Å². The number of halogens is 3. The Labute approximate surface area is 631 Å². The number of anilines is 15. The lowest BCUT2D eigenvalue weighted by molar-refractivity contribution is -0.137. The third kappa shape index (κ3) is 11.2. The highest BCUT2D eigenvalue weighted by molar-refractivity contribution is 8.00. The Bertz CT molecular complexity index is 5900. The van der Waals surface area contributed by atoms with Gasteiger partial charge in [0.15, 0.2) is 0 Å². The molecule has 0 aromatic heterocycles. The van der Waals surface area contributed by atoms with Crippen LogP contribution in [0.2, 0.25) is 0 Å².